The Morgan fingerprint density at radius 1 is 1.14 bits per heavy atom. The van der Waals surface area contributed by atoms with Crippen molar-refractivity contribution in [1.29, 1.82) is 0 Å². The third-order valence-corrected chi connectivity index (χ3v) is 5.41. The fraction of sp³-hybridized carbons (Fsp3) is 0.571. The summed E-state index contributed by atoms with van der Waals surface area (Å²) in [7, 11) is -1.52. The van der Waals surface area contributed by atoms with Crippen LogP contribution in [0, 0.1) is 13.8 Å². The molecule has 0 unspecified atom stereocenters. The van der Waals surface area contributed by atoms with E-state index in [0.717, 1.165) is 29.8 Å². The fourth-order valence-electron chi connectivity index (χ4n) is 2.50. The van der Waals surface area contributed by atoms with Gasteiger partial charge in [0.15, 0.2) is 0 Å². The number of hydrogen-bond donors (Lipinski definition) is 2. The number of aryl methyl sites for hydroxylation is 2. The van der Waals surface area contributed by atoms with Crippen molar-refractivity contribution in [3.05, 3.63) is 28.8 Å². The standard InChI is InChI=1S/C14H24N4O2S/c1-11-8-12(2)14(9-13(11)10-15)21(19,20)16-18-6-4-17(3)5-7-18/h8-9,16H,4-7,10,15H2,1-3H3. The molecule has 0 aliphatic carbocycles. The van der Waals surface area contributed by atoms with Crippen LogP contribution in [-0.4, -0.2) is 51.6 Å². The third kappa shape index (κ3) is 3.81. The second-order valence-corrected chi connectivity index (χ2v) is 7.26. The molecule has 0 saturated carbocycles. The van der Waals surface area contributed by atoms with Gasteiger partial charge in [-0.1, -0.05) is 6.07 Å². The van der Waals surface area contributed by atoms with Crippen molar-refractivity contribution in [3.8, 4) is 0 Å². The number of piperazine rings is 1. The minimum atomic E-state index is -3.56. The Balaban J connectivity index is 2.23. The van der Waals surface area contributed by atoms with Crippen LogP contribution in [0.3, 0.4) is 0 Å². The van der Waals surface area contributed by atoms with Crippen molar-refractivity contribution < 1.29 is 8.42 Å². The zero-order valence-electron chi connectivity index (χ0n) is 12.9. The van der Waals surface area contributed by atoms with E-state index < -0.39 is 10.0 Å². The van der Waals surface area contributed by atoms with Gasteiger partial charge in [0.05, 0.1) is 4.90 Å². The number of sulfonamides is 1. The van der Waals surface area contributed by atoms with Crippen LogP contribution >= 0.6 is 0 Å². The Kier molecular flexibility index (Phi) is 5.00. The number of benzene rings is 1. The molecular formula is C14H24N4O2S. The number of nitrogens with two attached hydrogens (primary N) is 1. The molecule has 118 valence electrons. The van der Waals surface area contributed by atoms with E-state index in [-0.39, 0.29) is 0 Å². The van der Waals surface area contributed by atoms with Gasteiger partial charge in [-0.3, -0.25) is 0 Å². The first-order valence-electron chi connectivity index (χ1n) is 7.09. The summed E-state index contributed by atoms with van der Waals surface area (Å²) < 4.78 is 25.2. The van der Waals surface area contributed by atoms with Gasteiger partial charge in [-0.05, 0) is 43.7 Å². The van der Waals surface area contributed by atoms with Gasteiger partial charge in [0.1, 0.15) is 0 Å². The summed E-state index contributed by atoms with van der Waals surface area (Å²) in [4.78, 5) is 5.17. The van der Waals surface area contributed by atoms with Crippen LogP contribution in [0.4, 0.5) is 0 Å². The first-order valence-corrected chi connectivity index (χ1v) is 8.58. The van der Waals surface area contributed by atoms with Gasteiger partial charge in [-0.2, -0.15) is 0 Å². The number of likely N-dealkylation sites (N-methyl/N-ethyl adjacent to an activating group) is 1. The smallest absolute Gasteiger partial charge is 0.253 e. The average molecular weight is 312 g/mol. The van der Waals surface area contributed by atoms with Crippen LogP contribution in [0.25, 0.3) is 0 Å². The average Bonchev–Trinajstić information content (AvgIpc) is 2.41. The zero-order chi connectivity index (χ0) is 15.6. The van der Waals surface area contributed by atoms with Gasteiger partial charge < -0.3 is 10.6 Å². The topological polar surface area (TPSA) is 78.7 Å². The molecule has 0 atom stereocenters. The second kappa shape index (κ2) is 6.41. The Morgan fingerprint density at radius 3 is 2.33 bits per heavy atom. The fourth-order valence-corrected chi connectivity index (χ4v) is 3.90. The van der Waals surface area contributed by atoms with Gasteiger partial charge in [-0.15, -0.1) is 4.83 Å². The number of nitrogens with zero attached hydrogens (tertiary/aromatic N) is 2. The lowest BCUT2D eigenvalue weighted by atomic mass is 10.1. The first-order chi connectivity index (χ1) is 9.83. The van der Waals surface area contributed by atoms with Gasteiger partial charge in [0.25, 0.3) is 10.0 Å². The Labute approximate surface area is 126 Å². The molecule has 1 aliphatic rings. The van der Waals surface area contributed by atoms with Crippen LogP contribution in [0.2, 0.25) is 0 Å². The molecule has 21 heavy (non-hydrogen) atoms. The van der Waals surface area contributed by atoms with E-state index in [1.165, 1.54) is 0 Å². The SMILES string of the molecule is Cc1cc(C)c(S(=O)(=O)NN2CCN(C)CC2)cc1CN. The lowest BCUT2D eigenvalue weighted by molar-refractivity contribution is 0.135. The number of hydrogen-bond acceptors (Lipinski definition) is 5. The Hall–Kier alpha value is -0.990. The molecule has 1 aliphatic heterocycles. The molecule has 1 fully saturated rings. The Morgan fingerprint density at radius 2 is 1.76 bits per heavy atom. The molecule has 3 N–H and O–H groups in total. The van der Waals surface area contributed by atoms with E-state index in [4.69, 9.17) is 5.73 Å². The predicted octanol–water partition coefficient (Wildman–Crippen LogP) is 0.203. The van der Waals surface area contributed by atoms with Crippen molar-refractivity contribution in [3.63, 3.8) is 0 Å². The molecule has 1 heterocycles. The summed E-state index contributed by atoms with van der Waals surface area (Å²) in [5, 5.41) is 1.76. The van der Waals surface area contributed by atoms with E-state index >= 15 is 0 Å². The quantitative estimate of drug-likeness (QED) is 0.830. The van der Waals surface area contributed by atoms with Crippen LogP contribution in [0.1, 0.15) is 16.7 Å². The van der Waals surface area contributed by atoms with Crippen molar-refractivity contribution >= 4 is 10.0 Å². The molecule has 1 saturated heterocycles. The van der Waals surface area contributed by atoms with E-state index in [2.05, 4.69) is 9.73 Å². The monoisotopic (exact) mass is 312 g/mol. The maximum Gasteiger partial charge on any atom is 0.253 e. The minimum Gasteiger partial charge on any atom is -0.326 e. The molecule has 1 aromatic carbocycles. The lowest BCUT2D eigenvalue weighted by Crippen LogP contribution is -2.52. The van der Waals surface area contributed by atoms with E-state index in [1.54, 1.807) is 11.1 Å². The lowest BCUT2D eigenvalue weighted by Gasteiger charge is -2.32. The number of hydrazine groups is 1. The molecule has 2 rings (SSSR count). The summed E-state index contributed by atoms with van der Waals surface area (Å²) in [5.74, 6) is 0. The van der Waals surface area contributed by atoms with Crippen molar-refractivity contribution in [1.82, 2.24) is 14.7 Å². The maximum atomic E-state index is 12.6. The highest BCUT2D eigenvalue weighted by atomic mass is 32.2. The summed E-state index contributed by atoms with van der Waals surface area (Å²) in [6, 6.07) is 3.56. The molecule has 0 bridgehead atoms. The normalized spacial score (nSPS) is 18.1. The highest BCUT2D eigenvalue weighted by Crippen LogP contribution is 2.20. The van der Waals surface area contributed by atoms with Crippen molar-refractivity contribution in [2.24, 2.45) is 5.73 Å². The molecule has 0 spiro atoms. The van der Waals surface area contributed by atoms with Gasteiger partial charge in [-0.25, -0.2) is 13.4 Å². The second-order valence-electron chi connectivity index (χ2n) is 5.63. The van der Waals surface area contributed by atoms with Crippen molar-refractivity contribution in [2.75, 3.05) is 33.2 Å². The van der Waals surface area contributed by atoms with Gasteiger partial charge >= 0.3 is 0 Å². The zero-order valence-corrected chi connectivity index (χ0v) is 13.7. The summed E-state index contributed by atoms with van der Waals surface area (Å²) >= 11 is 0. The predicted molar refractivity (Wildman–Crippen MR) is 83.2 cm³/mol. The minimum absolute atomic E-state index is 0.312. The van der Waals surface area contributed by atoms with E-state index in [9.17, 15) is 8.42 Å². The van der Waals surface area contributed by atoms with Crippen LogP contribution in [0.5, 0.6) is 0 Å². The molecule has 1 aromatic rings. The van der Waals surface area contributed by atoms with Crippen LogP contribution < -0.4 is 10.6 Å². The highest BCUT2D eigenvalue weighted by molar-refractivity contribution is 7.89. The maximum absolute atomic E-state index is 12.6. The molecule has 0 radical (unpaired) electrons. The summed E-state index contributed by atoms with van der Waals surface area (Å²) in [6.07, 6.45) is 0. The van der Waals surface area contributed by atoms with Crippen molar-refractivity contribution in [2.45, 2.75) is 25.3 Å². The number of rotatable bonds is 4. The summed E-state index contributed by atoms with van der Waals surface area (Å²) in [6.45, 7) is 7.16. The van der Waals surface area contributed by atoms with Crippen LogP contribution in [0.15, 0.2) is 17.0 Å². The third-order valence-electron chi connectivity index (χ3n) is 3.90. The number of nitrogens with one attached hydrogen (secondary N) is 1. The molecule has 0 amide bonds. The Bertz CT molecular complexity index is 608. The molecule has 6 nitrogen and oxygen atoms in total. The van der Waals surface area contributed by atoms with E-state index in [1.807, 2.05) is 27.0 Å². The molecule has 7 heteroatoms. The first kappa shape index (κ1) is 16.4. The summed E-state index contributed by atoms with van der Waals surface area (Å²) in [5.41, 5.74) is 8.31. The van der Waals surface area contributed by atoms with Gasteiger partial charge in [0.2, 0.25) is 0 Å². The molecular weight excluding hydrogens is 288 g/mol. The van der Waals surface area contributed by atoms with Gasteiger partial charge in [0, 0.05) is 32.7 Å². The molecule has 0 aromatic heterocycles. The van der Waals surface area contributed by atoms with Crippen LogP contribution in [-0.2, 0) is 16.6 Å². The highest BCUT2D eigenvalue weighted by Gasteiger charge is 2.23. The van der Waals surface area contributed by atoms with E-state index in [0.29, 0.717) is 24.5 Å². The largest absolute Gasteiger partial charge is 0.326 e.